The fraction of sp³-hybridized carbons (Fsp3) is 0.676. The number of primary amides is 1. The molecule has 0 aromatic heterocycles. The summed E-state index contributed by atoms with van der Waals surface area (Å²) in [7, 11) is 1.38. The Balaban J connectivity index is 2.61. The van der Waals surface area contributed by atoms with Gasteiger partial charge in [-0.1, -0.05) is 51.1 Å². The normalized spacial score (nSPS) is 14.6. The summed E-state index contributed by atoms with van der Waals surface area (Å²) < 4.78 is 43.6. The fourth-order valence-corrected chi connectivity index (χ4v) is 6.16. The number of esters is 3. The van der Waals surface area contributed by atoms with Crippen LogP contribution in [0.3, 0.4) is 0 Å². The number of alkyl carbamates (subject to hydrolysis) is 1. The van der Waals surface area contributed by atoms with E-state index in [2.05, 4.69) is 10.6 Å². The van der Waals surface area contributed by atoms with E-state index < -0.39 is 72.5 Å². The van der Waals surface area contributed by atoms with Crippen LogP contribution in [0.25, 0.3) is 0 Å². The number of nitrogens with one attached hydrogen (secondary N) is 2. The van der Waals surface area contributed by atoms with Crippen LogP contribution in [0, 0.1) is 16.2 Å². The van der Waals surface area contributed by atoms with E-state index in [4.69, 9.17) is 33.7 Å². The Kier molecular flexibility index (Phi) is 20.1. The minimum atomic E-state index is -4.32. The Morgan fingerprint density at radius 2 is 1.41 bits per heavy atom. The number of hydrogen-bond donors (Lipinski definition) is 4. The molecule has 1 aromatic rings. The van der Waals surface area contributed by atoms with Crippen molar-refractivity contribution in [2.24, 2.45) is 22.0 Å². The van der Waals surface area contributed by atoms with Gasteiger partial charge in [0.25, 0.3) is 0 Å². The van der Waals surface area contributed by atoms with Crippen molar-refractivity contribution in [3.8, 4) is 0 Å². The molecule has 0 bridgehead atoms. The molecule has 0 aliphatic carbocycles. The van der Waals surface area contributed by atoms with Crippen LogP contribution in [0.2, 0.25) is 0 Å². The topological polar surface area (TPSA) is 245 Å². The zero-order chi connectivity index (χ0) is 42.8. The number of nitrogens with two attached hydrogens (primary N) is 1. The molecule has 18 nitrogen and oxygen atoms in total. The minimum absolute atomic E-state index is 0.00117. The average Bonchev–Trinajstić information content (AvgIpc) is 3.10. The summed E-state index contributed by atoms with van der Waals surface area (Å²) in [6, 6.07) is 7.60. The lowest BCUT2D eigenvalue weighted by atomic mass is 9.59. The smallest absolute Gasteiger partial charge is 0.463 e. The van der Waals surface area contributed by atoms with Crippen molar-refractivity contribution >= 4 is 43.6 Å². The van der Waals surface area contributed by atoms with Crippen LogP contribution < -0.4 is 16.4 Å². The van der Waals surface area contributed by atoms with E-state index >= 15 is 0 Å². The molecule has 0 aliphatic heterocycles. The number of benzene rings is 1. The molecule has 0 heterocycles. The molecule has 0 spiro atoms. The Morgan fingerprint density at radius 3 is 2.00 bits per heavy atom. The SMILES string of the molecule is CCC(C)(C(=O)OCCOC(=O)CNC(=O)[C@H](CCC(N)=O)NC(=O)OCc1ccccc1)C(C)(C)CC(C)(C)C(=O)OCCOP(=O)(O)OCC[N+](C)(C)C. The summed E-state index contributed by atoms with van der Waals surface area (Å²) in [5.74, 6) is -3.51. The van der Waals surface area contributed by atoms with Crippen LogP contribution in [-0.4, -0.2) is 119 Å². The Hall–Kier alpha value is -4.09. The van der Waals surface area contributed by atoms with Crippen molar-refractivity contribution in [1.82, 2.24) is 10.6 Å². The Bertz CT molecular complexity index is 1520. The van der Waals surface area contributed by atoms with E-state index in [0.29, 0.717) is 17.4 Å². The molecule has 19 heteroatoms. The van der Waals surface area contributed by atoms with Gasteiger partial charge in [0.2, 0.25) is 11.8 Å². The number of phosphoric ester groups is 1. The van der Waals surface area contributed by atoms with Gasteiger partial charge in [-0.3, -0.25) is 33.0 Å². The summed E-state index contributed by atoms with van der Waals surface area (Å²) in [4.78, 5) is 85.1. The number of phosphoric acid groups is 1. The van der Waals surface area contributed by atoms with Gasteiger partial charge in [-0.05, 0) is 51.0 Å². The zero-order valence-corrected chi connectivity index (χ0v) is 35.1. The standard InChI is InChI=1S/C37H61N4O14P/c1-10-37(6,36(4,5)26-35(2,3)32(45)51-22-23-55-56(48,49)54-19-18-41(7,8)9)33(46)52-21-20-50-30(43)24-39-31(44)28(16-17-29(38)42)40-34(47)53-25-27-14-12-11-13-15-27/h11-15,28H,10,16-26H2,1-9H3,(H4-,38,39,40,42,44,47,48,49)/p+1/t28-,37?/m0/s1. The van der Waals surface area contributed by atoms with Gasteiger partial charge in [0, 0.05) is 6.42 Å². The average molecular weight is 818 g/mol. The molecule has 1 aromatic carbocycles. The molecule has 1 rings (SSSR count). The summed E-state index contributed by atoms with van der Waals surface area (Å²) in [6.07, 6.45) is -0.741. The molecular formula is C37H62N4O14P+. The number of hydrogen-bond acceptors (Lipinski definition) is 13. The molecule has 3 atom stereocenters. The monoisotopic (exact) mass is 817 g/mol. The largest absolute Gasteiger partial charge is 0.472 e. The molecule has 0 saturated heterocycles. The zero-order valence-electron chi connectivity index (χ0n) is 34.2. The predicted molar refractivity (Wildman–Crippen MR) is 203 cm³/mol. The number of rotatable bonds is 26. The van der Waals surface area contributed by atoms with Crippen LogP contribution >= 0.6 is 7.82 Å². The minimum Gasteiger partial charge on any atom is -0.463 e. The molecular weight excluding hydrogens is 755 g/mol. The first-order valence-corrected chi connectivity index (χ1v) is 19.8. The van der Waals surface area contributed by atoms with E-state index in [-0.39, 0.29) is 58.9 Å². The third-order valence-corrected chi connectivity index (χ3v) is 10.2. The van der Waals surface area contributed by atoms with Crippen LogP contribution in [-0.2, 0) is 63.1 Å². The molecule has 56 heavy (non-hydrogen) atoms. The van der Waals surface area contributed by atoms with Crippen molar-refractivity contribution in [1.29, 1.82) is 0 Å². The fourth-order valence-electron chi connectivity index (χ4n) is 5.47. The van der Waals surface area contributed by atoms with Gasteiger partial charge in [-0.2, -0.15) is 0 Å². The molecule has 3 amide bonds. The third-order valence-electron chi connectivity index (χ3n) is 9.16. The van der Waals surface area contributed by atoms with Crippen LogP contribution in [0.5, 0.6) is 0 Å². The number of likely N-dealkylation sites (N-methyl/N-ethyl adjacent to an activating group) is 1. The second kappa shape index (κ2) is 22.6. The highest BCUT2D eigenvalue weighted by molar-refractivity contribution is 7.47. The molecule has 0 aliphatic rings. The van der Waals surface area contributed by atoms with Gasteiger partial charge in [0.15, 0.2) is 0 Å². The molecule has 0 fully saturated rings. The van der Waals surface area contributed by atoms with E-state index in [1.807, 2.05) is 35.0 Å². The van der Waals surface area contributed by atoms with Gasteiger partial charge in [-0.15, -0.1) is 0 Å². The lowest BCUT2D eigenvalue weighted by Gasteiger charge is -2.45. The van der Waals surface area contributed by atoms with Crippen LogP contribution in [0.1, 0.15) is 72.8 Å². The highest BCUT2D eigenvalue weighted by Gasteiger charge is 2.50. The molecule has 5 N–H and O–H groups in total. The van der Waals surface area contributed by atoms with Crippen molar-refractivity contribution < 1.29 is 70.7 Å². The van der Waals surface area contributed by atoms with Crippen LogP contribution in [0.4, 0.5) is 4.79 Å². The maximum atomic E-state index is 13.4. The Morgan fingerprint density at radius 1 is 0.839 bits per heavy atom. The third kappa shape index (κ3) is 18.7. The molecule has 318 valence electrons. The first kappa shape index (κ1) is 49.9. The summed E-state index contributed by atoms with van der Waals surface area (Å²) in [5.41, 5.74) is 2.93. The highest BCUT2D eigenvalue weighted by Crippen LogP contribution is 2.50. The van der Waals surface area contributed by atoms with E-state index in [9.17, 15) is 38.2 Å². The van der Waals surface area contributed by atoms with E-state index in [1.165, 1.54) is 0 Å². The van der Waals surface area contributed by atoms with Crippen molar-refractivity contribution in [3.05, 3.63) is 35.9 Å². The summed E-state index contributed by atoms with van der Waals surface area (Å²) >= 11 is 0. The van der Waals surface area contributed by atoms with Crippen molar-refractivity contribution in [2.45, 2.75) is 79.9 Å². The van der Waals surface area contributed by atoms with Crippen LogP contribution in [0.15, 0.2) is 30.3 Å². The number of quaternary nitrogens is 1. The number of carbonyl (C=O) groups excluding carboxylic acids is 6. The number of ether oxygens (including phenoxy) is 4. The second-order valence-electron chi connectivity index (χ2n) is 15.8. The van der Waals surface area contributed by atoms with Gasteiger partial charge >= 0.3 is 31.8 Å². The lowest BCUT2D eigenvalue weighted by molar-refractivity contribution is -0.870. The van der Waals surface area contributed by atoms with E-state index in [1.54, 1.807) is 58.0 Å². The van der Waals surface area contributed by atoms with Gasteiger partial charge in [0.05, 0.1) is 38.6 Å². The van der Waals surface area contributed by atoms with Crippen molar-refractivity contribution in [2.75, 3.05) is 67.3 Å². The van der Waals surface area contributed by atoms with E-state index in [0.717, 1.165) is 5.56 Å². The number of amides is 3. The molecule has 0 radical (unpaired) electrons. The molecule has 2 unspecified atom stereocenters. The first-order chi connectivity index (χ1) is 25.8. The lowest BCUT2D eigenvalue weighted by Crippen LogP contribution is -2.48. The van der Waals surface area contributed by atoms with Gasteiger partial charge < -0.3 is 44.7 Å². The number of carbonyl (C=O) groups is 6. The maximum absolute atomic E-state index is 13.4. The van der Waals surface area contributed by atoms with Crippen molar-refractivity contribution in [3.63, 3.8) is 0 Å². The quantitative estimate of drug-likeness (QED) is 0.0345. The van der Waals surface area contributed by atoms with Gasteiger partial charge in [-0.25, -0.2) is 9.36 Å². The predicted octanol–water partition coefficient (Wildman–Crippen LogP) is 2.99. The highest BCUT2D eigenvalue weighted by atomic mass is 31.2. The van der Waals surface area contributed by atoms with Gasteiger partial charge in [0.1, 0.15) is 52.2 Å². The maximum Gasteiger partial charge on any atom is 0.472 e. The number of nitrogens with zero attached hydrogens (tertiary/aromatic N) is 1. The molecule has 0 saturated carbocycles. The Labute approximate surface area is 329 Å². The summed E-state index contributed by atoms with van der Waals surface area (Å²) in [5, 5.41) is 4.70. The summed E-state index contributed by atoms with van der Waals surface area (Å²) in [6.45, 7) is 9.06. The first-order valence-electron chi connectivity index (χ1n) is 18.3. The second-order valence-corrected chi connectivity index (χ2v) is 17.2.